The Morgan fingerprint density at radius 2 is 1.95 bits per heavy atom. The molecule has 21 heavy (non-hydrogen) atoms. The van der Waals surface area contributed by atoms with Gasteiger partial charge >= 0.3 is 5.97 Å². The molecule has 0 aliphatic heterocycles. The molecule has 1 unspecified atom stereocenters. The Balaban J connectivity index is 2.06. The van der Waals surface area contributed by atoms with Crippen LogP contribution in [-0.2, 0) is 9.53 Å². The van der Waals surface area contributed by atoms with Crippen molar-refractivity contribution in [2.24, 2.45) is 0 Å². The van der Waals surface area contributed by atoms with Crippen molar-refractivity contribution in [2.45, 2.75) is 51.1 Å². The maximum Gasteiger partial charge on any atom is 0.327 e. The van der Waals surface area contributed by atoms with Crippen molar-refractivity contribution in [3.8, 4) is 5.75 Å². The molecule has 116 valence electrons. The number of benzene rings is 1. The lowest BCUT2D eigenvalue weighted by molar-refractivity contribution is -0.143. The summed E-state index contributed by atoms with van der Waals surface area (Å²) < 4.78 is 10.5. The topological polar surface area (TPSA) is 47.6 Å². The molecule has 0 saturated heterocycles. The van der Waals surface area contributed by atoms with Crippen LogP contribution < -0.4 is 10.1 Å². The minimum absolute atomic E-state index is 0.232. The summed E-state index contributed by atoms with van der Waals surface area (Å²) in [6, 6.07) is 7.72. The maximum absolute atomic E-state index is 12.0. The zero-order valence-corrected chi connectivity index (χ0v) is 12.9. The second kappa shape index (κ2) is 8.03. The van der Waals surface area contributed by atoms with Gasteiger partial charge in [0.25, 0.3) is 0 Å². The summed E-state index contributed by atoms with van der Waals surface area (Å²) in [5.41, 5.74) is 0.928. The van der Waals surface area contributed by atoms with Crippen molar-refractivity contribution in [3.05, 3.63) is 29.8 Å². The number of rotatable bonds is 7. The second-order valence-corrected chi connectivity index (χ2v) is 5.52. The lowest BCUT2D eigenvalue weighted by Gasteiger charge is -2.21. The first-order valence-corrected chi connectivity index (χ1v) is 7.81. The first kappa shape index (κ1) is 15.8. The highest BCUT2D eigenvalue weighted by atomic mass is 16.5. The van der Waals surface area contributed by atoms with Gasteiger partial charge in [0.1, 0.15) is 11.8 Å². The molecule has 1 fully saturated rings. The fourth-order valence-electron chi connectivity index (χ4n) is 2.72. The predicted octanol–water partition coefficient (Wildman–Crippen LogP) is 3.22. The molecule has 1 saturated carbocycles. The molecule has 2 rings (SSSR count). The molecule has 0 amide bonds. The Hall–Kier alpha value is -1.55. The molecule has 1 atom stereocenters. The monoisotopic (exact) mass is 291 g/mol. The first-order valence-electron chi connectivity index (χ1n) is 7.81. The molecule has 1 aromatic rings. The van der Waals surface area contributed by atoms with Gasteiger partial charge in [-0.15, -0.1) is 0 Å². The summed E-state index contributed by atoms with van der Waals surface area (Å²) in [5, 5.41) is 3.43. The van der Waals surface area contributed by atoms with E-state index in [1.807, 2.05) is 24.3 Å². The third kappa shape index (κ3) is 4.46. The van der Waals surface area contributed by atoms with Crippen LogP contribution in [0, 0.1) is 0 Å². The molecule has 0 radical (unpaired) electrons. The largest absolute Gasteiger partial charge is 0.494 e. The molecule has 4 heteroatoms. The Kier molecular flexibility index (Phi) is 6.05. The highest BCUT2D eigenvalue weighted by Gasteiger charge is 2.26. The van der Waals surface area contributed by atoms with Crippen LogP contribution in [0.1, 0.15) is 50.6 Å². The van der Waals surface area contributed by atoms with Crippen molar-refractivity contribution in [1.82, 2.24) is 5.32 Å². The number of carbonyl (C=O) groups is 1. The zero-order valence-electron chi connectivity index (χ0n) is 12.9. The lowest BCUT2D eigenvalue weighted by Crippen LogP contribution is -2.36. The third-order valence-electron chi connectivity index (χ3n) is 3.88. The number of hydrogen-bond acceptors (Lipinski definition) is 4. The van der Waals surface area contributed by atoms with E-state index in [9.17, 15) is 4.79 Å². The molecule has 0 heterocycles. The number of ether oxygens (including phenoxy) is 2. The number of nitrogens with one attached hydrogen (secondary N) is 1. The average molecular weight is 291 g/mol. The molecule has 0 aromatic heterocycles. The normalized spacial score (nSPS) is 16.7. The van der Waals surface area contributed by atoms with Crippen molar-refractivity contribution >= 4 is 5.97 Å². The summed E-state index contributed by atoms with van der Waals surface area (Å²) in [6.07, 6.45) is 5.71. The summed E-state index contributed by atoms with van der Waals surface area (Å²) in [5.74, 6) is 0.606. The highest BCUT2D eigenvalue weighted by molar-refractivity contribution is 5.77. The van der Waals surface area contributed by atoms with Gasteiger partial charge in [0, 0.05) is 6.04 Å². The van der Waals surface area contributed by atoms with Crippen LogP contribution in [0.2, 0.25) is 0 Å². The summed E-state index contributed by atoms with van der Waals surface area (Å²) >= 11 is 0. The van der Waals surface area contributed by atoms with Crippen LogP contribution in [0.5, 0.6) is 5.75 Å². The standard InChI is InChI=1S/C17H25NO3/c1-3-12-21-15-10-8-13(9-11-15)16(17(19)20-2)18-14-6-4-5-7-14/h8-11,14,16,18H,3-7,12H2,1-2H3. The minimum atomic E-state index is -0.390. The van der Waals surface area contributed by atoms with Gasteiger partial charge in [0.2, 0.25) is 0 Å². The minimum Gasteiger partial charge on any atom is -0.494 e. The molecule has 0 spiro atoms. The van der Waals surface area contributed by atoms with E-state index < -0.39 is 6.04 Å². The van der Waals surface area contributed by atoms with Crippen molar-refractivity contribution in [3.63, 3.8) is 0 Å². The van der Waals surface area contributed by atoms with E-state index in [-0.39, 0.29) is 5.97 Å². The molecular weight excluding hydrogens is 266 g/mol. The van der Waals surface area contributed by atoms with Crippen LogP contribution in [0.25, 0.3) is 0 Å². The van der Waals surface area contributed by atoms with Crippen molar-refractivity contribution in [1.29, 1.82) is 0 Å². The summed E-state index contributed by atoms with van der Waals surface area (Å²) in [6.45, 7) is 2.78. The van der Waals surface area contributed by atoms with E-state index in [4.69, 9.17) is 9.47 Å². The third-order valence-corrected chi connectivity index (χ3v) is 3.88. The van der Waals surface area contributed by atoms with Crippen LogP contribution in [0.4, 0.5) is 0 Å². The van der Waals surface area contributed by atoms with E-state index in [1.54, 1.807) is 0 Å². The van der Waals surface area contributed by atoms with Crippen molar-refractivity contribution < 1.29 is 14.3 Å². The average Bonchev–Trinajstić information content (AvgIpc) is 3.03. The highest BCUT2D eigenvalue weighted by Crippen LogP contribution is 2.24. The molecule has 1 aromatic carbocycles. The molecule has 1 N–H and O–H groups in total. The van der Waals surface area contributed by atoms with Gasteiger partial charge in [-0.3, -0.25) is 5.32 Å². The van der Waals surface area contributed by atoms with Crippen LogP contribution in [-0.4, -0.2) is 25.7 Å². The molecule has 4 nitrogen and oxygen atoms in total. The Labute approximate surface area is 126 Å². The van der Waals surface area contributed by atoms with Crippen LogP contribution >= 0.6 is 0 Å². The Morgan fingerprint density at radius 3 is 2.52 bits per heavy atom. The van der Waals surface area contributed by atoms with Crippen LogP contribution in [0.3, 0.4) is 0 Å². The van der Waals surface area contributed by atoms with Gasteiger partial charge in [0.05, 0.1) is 13.7 Å². The second-order valence-electron chi connectivity index (χ2n) is 5.52. The summed E-state index contributed by atoms with van der Waals surface area (Å²) in [4.78, 5) is 12.0. The number of carbonyl (C=O) groups excluding carboxylic acids is 1. The fraction of sp³-hybridized carbons (Fsp3) is 0.588. The molecule has 1 aliphatic rings. The first-order chi connectivity index (χ1) is 10.2. The maximum atomic E-state index is 12.0. The van der Waals surface area contributed by atoms with E-state index in [0.717, 1.165) is 30.6 Å². The van der Waals surface area contributed by atoms with Gasteiger partial charge in [-0.1, -0.05) is 31.9 Å². The van der Waals surface area contributed by atoms with E-state index in [2.05, 4.69) is 12.2 Å². The SMILES string of the molecule is CCCOc1ccc(C(NC2CCCC2)C(=O)OC)cc1. The zero-order chi connectivity index (χ0) is 15.1. The van der Waals surface area contributed by atoms with Gasteiger partial charge < -0.3 is 9.47 Å². The summed E-state index contributed by atoms with van der Waals surface area (Å²) in [7, 11) is 1.43. The van der Waals surface area contributed by atoms with E-state index in [1.165, 1.54) is 20.0 Å². The number of esters is 1. The van der Waals surface area contributed by atoms with Crippen LogP contribution in [0.15, 0.2) is 24.3 Å². The Bertz CT molecular complexity index is 438. The molecule has 1 aliphatic carbocycles. The van der Waals surface area contributed by atoms with Gasteiger partial charge in [-0.25, -0.2) is 4.79 Å². The van der Waals surface area contributed by atoms with Gasteiger partial charge in [-0.05, 0) is 37.0 Å². The quantitative estimate of drug-likeness (QED) is 0.784. The molecule has 0 bridgehead atoms. The van der Waals surface area contributed by atoms with Gasteiger partial charge in [0.15, 0.2) is 0 Å². The fourth-order valence-corrected chi connectivity index (χ4v) is 2.72. The van der Waals surface area contributed by atoms with E-state index in [0.29, 0.717) is 12.6 Å². The number of hydrogen-bond donors (Lipinski definition) is 1. The van der Waals surface area contributed by atoms with Crippen molar-refractivity contribution in [2.75, 3.05) is 13.7 Å². The van der Waals surface area contributed by atoms with E-state index >= 15 is 0 Å². The Morgan fingerprint density at radius 1 is 1.29 bits per heavy atom. The lowest BCUT2D eigenvalue weighted by atomic mass is 10.1. The van der Waals surface area contributed by atoms with Gasteiger partial charge in [-0.2, -0.15) is 0 Å². The predicted molar refractivity (Wildman–Crippen MR) is 82.4 cm³/mol. The smallest absolute Gasteiger partial charge is 0.327 e. The number of methoxy groups -OCH3 is 1. The molecular formula is C17H25NO3.